The number of methoxy groups -OCH3 is 1. The first-order valence-corrected chi connectivity index (χ1v) is 8.02. The van der Waals surface area contributed by atoms with Gasteiger partial charge in [0.25, 0.3) is 0 Å². The molecule has 0 bridgehead atoms. The van der Waals surface area contributed by atoms with Crippen molar-refractivity contribution in [3.63, 3.8) is 0 Å². The summed E-state index contributed by atoms with van der Waals surface area (Å²) in [6.45, 7) is 8.51. The van der Waals surface area contributed by atoms with Gasteiger partial charge in [-0.25, -0.2) is 0 Å². The van der Waals surface area contributed by atoms with Crippen LogP contribution in [0.3, 0.4) is 0 Å². The minimum atomic E-state index is 0.708. The summed E-state index contributed by atoms with van der Waals surface area (Å²) in [5, 5.41) is 3.43. The molecule has 0 amide bonds. The van der Waals surface area contributed by atoms with Crippen molar-refractivity contribution in [2.75, 3.05) is 46.4 Å². The van der Waals surface area contributed by atoms with Crippen molar-refractivity contribution in [1.82, 2.24) is 10.2 Å². The lowest BCUT2D eigenvalue weighted by molar-refractivity contribution is 0.175. The zero-order valence-corrected chi connectivity index (χ0v) is 13.3. The summed E-state index contributed by atoms with van der Waals surface area (Å²) in [6.07, 6.45) is 2.59. The third-order valence-corrected chi connectivity index (χ3v) is 4.16. The molecule has 1 heterocycles. The first kappa shape index (κ1) is 16.1. The number of rotatable bonds is 8. The molecule has 21 heavy (non-hydrogen) atoms. The van der Waals surface area contributed by atoms with Crippen molar-refractivity contribution in [1.29, 1.82) is 0 Å². The Morgan fingerprint density at radius 3 is 2.57 bits per heavy atom. The lowest BCUT2D eigenvalue weighted by Crippen LogP contribution is -2.37. The molecule has 118 valence electrons. The van der Waals surface area contributed by atoms with Gasteiger partial charge in [-0.1, -0.05) is 19.1 Å². The van der Waals surface area contributed by atoms with E-state index in [0.29, 0.717) is 6.61 Å². The molecule has 0 aromatic heterocycles. The second-order valence-electron chi connectivity index (χ2n) is 5.59. The fraction of sp³-hybridized carbons (Fsp3) is 0.647. The molecule has 1 fully saturated rings. The minimum Gasteiger partial charge on any atom is -0.493 e. The fourth-order valence-corrected chi connectivity index (χ4v) is 2.83. The molecule has 0 saturated carbocycles. The topological polar surface area (TPSA) is 33.7 Å². The number of piperidine rings is 1. The van der Waals surface area contributed by atoms with E-state index in [1.807, 2.05) is 24.3 Å². The molecular formula is C17H28N2O2. The van der Waals surface area contributed by atoms with Crippen LogP contribution in [0.25, 0.3) is 0 Å². The Labute approximate surface area is 128 Å². The van der Waals surface area contributed by atoms with Crippen LogP contribution < -0.4 is 14.8 Å². The Morgan fingerprint density at radius 2 is 1.90 bits per heavy atom. The predicted molar refractivity (Wildman–Crippen MR) is 86.2 cm³/mol. The largest absolute Gasteiger partial charge is 0.493 e. The Kier molecular flexibility index (Phi) is 6.83. The van der Waals surface area contributed by atoms with Gasteiger partial charge in [0, 0.05) is 13.1 Å². The quantitative estimate of drug-likeness (QED) is 0.798. The molecule has 0 unspecified atom stereocenters. The first-order chi connectivity index (χ1) is 10.3. The monoisotopic (exact) mass is 292 g/mol. The summed E-state index contributed by atoms with van der Waals surface area (Å²) < 4.78 is 11.2. The van der Waals surface area contributed by atoms with Gasteiger partial charge in [-0.3, -0.25) is 4.90 Å². The van der Waals surface area contributed by atoms with Crippen molar-refractivity contribution in [3.8, 4) is 11.5 Å². The van der Waals surface area contributed by atoms with Gasteiger partial charge in [0.05, 0.1) is 7.11 Å². The van der Waals surface area contributed by atoms with E-state index in [0.717, 1.165) is 30.5 Å². The van der Waals surface area contributed by atoms with Crippen LogP contribution in [0.4, 0.5) is 0 Å². The third-order valence-electron chi connectivity index (χ3n) is 4.16. The number of likely N-dealkylation sites (N-methyl/N-ethyl adjacent to an activating group) is 1. The van der Waals surface area contributed by atoms with Gasteiger partial charge in [0.1, 0.15) is 6.61 Å². The highest BCUT2D eigenvalue weighted by Crippen LogP contribution is 2.25. The van der Waals surface area contributed by atoms with Crippen LogP contribution in [0.15, 0.2) is 24.3 Å². The fourth-order valence-electron chi connectivity index (χ4n) is 2.83. The summed E-state index contributed by atoms with van der Waals surface area (Å²) in [7, 11) is 1.68. The van der Waals surface area contributed by atoms with Crippen LogP contribution in [0, 0.1) is 5.92 Å². The molecule has 1 aromatic carbocycles. The number of hydrogen-bond donors (Lipinski definition) is 1. The predicted octanol–water partition coefficient (Wildman–Crippen LogP) is 2.40. The van der Waals surface area contributed by atoms with Crippen LogP contribution in [0.1, 0.15) is 19.8 Å². The summed E-state index contributed by atoms with van der Waals surface area (Å²) in [5.41, 5.74) is 0. The van der Waals surface area contributed by atoms with Crippen molar-refractivity contribution in [2.45, 2.75) is 19.8 Å². The van der Waals surface area contributed by atoms with Crippen LogP contribution in [0.2, 0.25) is 0 Å². The Balaban J connectivity index is 1.74. The van der Waals surface area contributed by atoms with E-state index in [9.17, 15) is 0 Å². The van der Waals surface area contributed by atoms with Crippen molar-refractivity contribution in [2.24, 2.45) is 5.92 Å². The molecule has 0 aliphatic carbocycles. The van der Waals surface area contributed by atoms with Gasteiger partial charge >= 0.3 is 0 Å². The summed E-state index contributed by atoms with van der Waals surface area (Å²) >= 11 is 0. The van der Waals surface area contributed by atoms with E-state index in [2.05, 4.69) is 17.1 Å². The van der Waals surface area contributed by atoms with E-state index in [4.69, 9.17) is 9.47 Å². The molecule has 1 saturated heterocycles. The van der Waals surface area contributed by atoms with Crippen molar-refractivity contribution in [3.05, 3.63) is 24.3 Å². The molecule has 0 radical (unpaired) electrons. The number of nitrogens with one attached hydrogen (secondary N) is 1. The summed E-state index contributed by atoms with van der Waals surface area (Å²) in [6, 6.07) is 7.83. The second kappa shape index (κ2) is 8.90. The van der Waals surface area contributed by atoms with E-state index in [-0.39, 0.29) is 0 Å². The van der Waals surface area contributed by atoms with Crippen molar-refractivity contribution < 1.29 is 9.47 Å². The van der Waals surface area contributed by atoms with Crippen LogP contribution in [-0.4, -0.2) is 51.3 Å². The number of hydrogen-bond acceptors (Lipinski definition) is 4. The summed E-state index contributed by atoms with van der Waals surface area (Å²) in [5.74, 6) is 2.47. The van der Waals surface area contributed by atoms with E-state index in [1.165, 1.54) is 32.5 Å². The van der Waals surface area contributed by atoms with E-state index < -0.39 is 0 Å². The van der Waals surface area contributed by atoms with Crippen LogP contribution in [0.5, 0.6) is 11.5 Å². The van der Waals surface area contributed by atoms with Crippen LogP contribution >= 0.6 is 0 Å². The standard InChI is InChI=1S/C17H28N2O2/c1-3-19(14-15-8-10-18-11-9-15)12-13-21-17-7-5-4-6-16(17)20-2/h4-7,15,18H,3,8-14H2,1-2H3. The van der Waals surface area contributed by atoms with E-state index in [1.54, 1.807) is 7.11 Å². The average molecular weight is 292 g/mol. The molecule has 1 aliphatic heterocycles. The lowest BCUT2D eigenvalue weighted by atomic mass is 9.97. The minimum absolute atomic E-state index is 0.708. The van der Waals surface area contributed by atoms with Crippen LogP contribution in [-0.2, 0) is 0 Å². The summed E-state index contributed by atoms with van der Waals surface area (Å²) in [4.78, 5) is 2.49. The molecule has 4 heteroatoms. The zero-order chi connectivity index (χ0) is 14.9. The molecule has 2 rings (SSSR count). The Hall–Kier alpha value is -1.26. The van der Waals surface area contributed by atoms with Gasteiger partial charge in [-0.05, 0) is 50.5 Å². The van der Waals surface area contributed by atoms with E-state index >= 15 is 0 Å². The Morgan fingerprint density at radius 1 is 1.19 bits per heavy atom. The maximum Gasteiger partial charge on any atom is 0.161 e. The maximum atomic E-state index is 5.87. The zero-order valence-electron chi connectivity index (χ0n) is 13.3. The lowest BCUT2D eigenvalue weighted by Gasteiger charge is -2.29. The molecule has 4 nitrogen and oxygen atoms in total. The number of nitrogens with zero attached hydrogens (tertiary/aromatic N) is 1. The van der Waals surface area contributed by atoms with Gasteiger partial charge in [0.2, 0.25) is 0 Å². The molecule has 1 aromatic rings. The maximum absolute atomic E-state index is 5.87. The van der Waals surface area contributed by atoms with Gasteiger partial charge in [-0.2, -0.15) is 0 Å². The SMILES string of the molecule is CCN(CCOc1ccccc1OC)CC1CCNCC1. The second-order valence-corrected chi connectivity index (χ2v) is 5.59. The first-order valence-electron chi connectivity index (χ1n) is 8.02. The van der Waals surface area contributed by atoms with Gasteiger partial charge in [-0.15, -0.1) is 0 Å². The molecule has 1 N–H and O–H groups in total. The van der Waals surface area contributed by atoms with Gasteiger partial charge in [0.15, 0.2) is 11.5 Å². The number of para-hydroxylation sites is 2. The molecular weight excluding hydrogens is 264 g/mol. The molecule has 0 atom stereocenters. The average Bonchev–Trinajstić information content (AvgIpc) is 2.55. The number of ether oxygens (including phenoxy) is 2. The molecule has 1 aliphatic rings. The third kappa shape index (κ3) is 5.21. The normalized spacial score (nSPS) is 16.1. The highest BCUT2D eigenvalue weighted by atomic mass is 16.5. The highest BCUT2D eigenvalue weighted by molar-refractivity contribution is 5.39. The molecule has 0 spiro atoms. The highest BCUT2D eigenvalue weighted by Gasteiger charge is 2.16. The smallest absolute Gasteiger partial charge is 0.161 e. The van der Waals surface area contributed by atoms with Gasteiger partial charge < -0.3 is 14.8 Å². The number of benzene rings is 1. The Bertz CT molecular complexity index is 406. The van der Waals surface area contributed by atoms with Crippen molar-refractivity contribution >= 4 is 0 Å².